The van der Waals surface area contributed by atoms with Crippen molar-refractivity contribution in [1.82, 2.24) is 9.97 Å². The second-order valence-corrected chi connectivity index (χ2v) is 3.73. The summed E-state index contributed by atoms with van der Waals surface area (Å²) in [5.41, 5.74) is 0. The van der Waals surface area contributed by atoms with Gasteiger partial charge in [0.25, 0.3) is 0 Å². The van der Waals surface area contributed by atoms with Gasteiger partial charge in [-0.2, -0.15) is 4.98 Å². The van der Waals surface area contributed by atoms with E-state index in [0.29, 0.717) is 10.3 Å². The summed E-state index contributed by atoms with van der Waals surface area (Å²) in [4.78, 5) is 7.62. The van der Waals surface area contributed by atoms with E-state index in [0.717, 1.165) is 0 Å². The van der Waals surface area contributed by atoms with Crippen molar-refractivity contribution in [3.05, 3.63) is 16.0 Å². The Balaban J connectivity index is 2.79. The molecule has 1 aromatic rings. The summed E-state index contributed by atoms with van der Waals surface area (Å²) in [5, 5.41) is 20.6. The predicted octanol–water partition coefficient (Wildman–Crippen LogP) is 0.658. The molecule has 78 valence electrons. The van der Waals surface area contributed by atoms with Gasteiger partial charge in [-0.05, 0) is 27.5 Å². The van der Waals surface area contributed by atoms with Crippen LogP contribution < -0.4 is 5.32 Å². The number of aliphatic hydroxyl groups is 2. The van der Waals surface area contributed by atoms with Crippen LogP contribution in [0.2, 0.25) is 5.28 Å². The van der Waals surface area contributed by atoms with Crippen LogP contribution in [-0.4, -0.2) is 39.4 Å². The quantitative estimate of drug-likeness (QED) is 0.707. The molecule has 14 heavy (non-hydrogen) atoms. The summed E-state index contributed by atoms with van der Waals surface area (Å²) in [6, 6.07) is -0.461. The van der Waals surface area contributed by atoms with Crippen molar-refractivity contribution in [2.45, 2.75) is 6.04 Å². The number of nitrogens with one attached hydrogen (secondary N) is 1. The monoisotopic (exact) mass is 281 g/mol. The lowest BCUT2D eigenvalue weighted by Crippen LogP contribution is -2.28. The molecule has 0 fully saturated rings. The zero-order valence-corrected chi connectivity index (χ0v) is 9.46. The highest BCUT2D eigenvalue weighted by Gasteiger charge is 2.09. The van der Waals surface area contributed by atoms with E-state index >= 15 is 0 Å². The highest BCUT2D eigenvalue weighted by molar-refractivity contribution is 9.10. The zero-order chi connectivity index (χ0) is 10.6. The highest BCUT2D eigenvalue weighted by Crippen LogP contribution is 2.20. The Bertz CT molecular complexity index is 309. The predicted molar refractivity (Wildman–Crippen MR) is 56.3 cm³/mol. The fourth-order valence-electron chi connectivity index (χ4n) is 0.789. The second-order valence-electron chi connectivity index (χ2n) is 2.54. The average Bonchev–Trinajstić information content (AvgIpc) is 2.19. The van der Waals surface area contributed by atoms with Crippen molar-refractivity contribution in [2.24, 2.45) is 0 Å². The molecule has 0 radical (unpaired) electrons. The third kappa shape index (κ3) is 3.06. The summed E-state index contributed by atoms with van der Waals surface area (Å²) >= 11 is 8.79. The standard InChI is InChI=1S/C7H9BrClN3O2/c8-5-1-10-7(9)12-6(5)11-4(2-13)3-14/h1,4,13-14H,2-3H2,(H,10,11,12). The molecule has 0 amide bonds. The second kappa shape index (κ2) is 5.45. The van der Waals surface area contributed by atoms with Crippen LogP contribution >= 0.6 is 27.5 Å². The smallest absolute Gasteiger partial charge is 0.224 e. The number of hydrogen-bond acceptors (Lipinski definition) is 5. The first-order valence-corrected chi connectivity index (χ1v) is 5.00. The van der Waals surface area contributed by atoms with Gasteiger partial charge in [-0.3, -0.25) is 0 Å². The molecule has 0 unspecified atom stereocenters. The van der Waals surface area contributed by atoms with Crippen molar-refractivity contribution in [2.75, 3.05) is 18.5 Å². The van der Waals surface area contributed by atoms with Crippen LogP contribution in [0.15, 0.2) is 10.7 Å². The highest BCUT2D eigenvalue weighted by atomic mass is 79.9. The van der Waals surface area contributed by atoms with E-state index in [1.807, 2.05) is 0 Å². The van der Waals surface area contributed by atoms with Crippen LogP contribution in [0, 0.1) is 0 Å². The van der Waals surface area contributed by atoms with Gasteiger partial charge in [-0.25, -0.2) is 4.98 Å². The van der Waals surface area contributed by atoms with E-state index in [2.05, 4.69) is 31.2 Å². The number of anilines is 1. The maximum Gasteiger partial charge on any atom is 0.224 e. The number of aromatic nitrogens is 2. The number of aliphatic hydroxyl groups excluding tert-OH is 2. The topological polar surface area (TPSA) is 78.3 Å². The van der Waals surface area contributed by atoms with Crippen molar-refractivity contribution in [3.63, 3.8) is 0 Å². The van der Waals surface area contributed by atoms with Gasteiger partial charge < -0.3 is 15.5 Å². The molecular formula is C7H9BrClN3O2. The molecule has 1 aromatic heterocycles. The summed E-state index contributed by atoms with van der Waals surface area (Å²) < 4.78 is 0.619. The summed E-state index contributed by atoms with van der Waals surface area (Å²) in [7, 11) is 0. The fraction of sp³-hybridized carbons (Fsp3) is 0.429. The van der Waals surface area contributed by atoms with Crippen LogP contribution in [0.4, 0.5) is 5.82 Å². The Morgan fingerprint density at radius 3 is 2.71 bits per heavy atom. The van der Waals surface area contributed by atoms with Crippen LogP contribution in [-0.2, 0) is 0 Å². The van der Waals surface area contributed by atoms with E-state index in [-0.39, 0.29) is 18.5 Å². The Morgan fingerprint density at radius 1 is 1.50 bits per heavy atom. The SMILES string of the molecule is OCC(CO)Nc1nc(Cl)ncc1Br. The minimum atomic E-state index is -0.461. The molecule has 3 N–H and O–H groups in total. The van der Waals surface area contributed by atoms with E-state index in [1.165, 1.54) is 6.20 Å². The van der Waals surface area contributed by atoms with Gasteiger partial charge in [0.1, 0.15) is 5.82 Å². The molecular weight excluding hydrogens is 273 g/mol. The first-order chi connectivity index (χ1) is 6.67. The molecule has 0 saturated carbocycles. The summed E-state index contributed by atoms with van der Waals surface area (Å²) in [6.45, 7) is -0.380. The zero-order valence-electron chi connectivity index (χ0n) is 7.11. The third-order valence-electron chi connectivity index (χ3n) is 1.50. The Labute approximate surface area is 94.3 Å². The van der Waals surface area contributed by atoms with Gasteiger partial charge in [-0.15, -0.1) is 0 Å². The third-order valence-corrected chi connectivity index (χ3v) is 2.26. The summed E-state index contributed by atoms with van der Waals surface area (Å²) in [6.07, 6.45) is 1.49. The van der Waals surface area contributed by atoms with Gasteiger partial charge in [-0.1, -0.05) is 0 Å². The molecule has 1 rings (SSSR count). The molecule has 0 atom stereocenters. The van der Waals surface area contributed by atoms with E-state index in [4.69, 9.17) is 21.8 Å². The van der Waals surface area contributed by atoms with Gasteiger partial charge in [0.2, 0.25) is 5.28 Å². The molecule has 0 aromatic carbocycles. The molecule has 0 aliphatic carbocycles. The normalized spacial score (nSPS) is 10.6. The number of halogens is 2. The van der Waals surface area contributed by atoms with E-state index < -0.39 is 6.04 Å². The van der Waals surface area contributed by atoms with Crippen LogP contribution in [0.5, 0.6) is 0 Å². The van der Waals surface area contributed by atoms with Gasteiger partial charge in [0, 0.05) is 6.20 Å². The molecule has 0 saturated heterocycles. The van der Waals surface area contributed by atoms with Crippen LogP contribution in [0.3, 0.4) is 0 Å². The van der Waals surface area contributed by atoms with Gasteiger partial charge >= 0.3 is 0 Å². The first kappa shape index (κ1) is 11.6. The molecule has 1 heterocycles. The van der Waals surface area contributed by atoms with Crippen molar-refractivity contribution < 1.29 is 10.2 Å². The summed E-state index contributed by atoms with van der Waals surface area (Å²) in [5.74, 6) is 0.443. The molecule has 7 heteroatoms. The number of nitrogens with zero attached hydrogens (tertiary/aromatic N) is 2. The van der Waals surface area contributed by atoms with E-state index in [1.54, 1.807) is 0 Å². The molecule has 5 nitrogen and oxygen atoms in total. The maximum absolute atomic E-state index is 8.83. The van der Waals surface area contributed by atoms with Crippen molar-refractivity contribution in [3.8, 4) is 0 Å². The lowest BCUT2D eigenvalue weighted by molar-refractivity contribution is 0.203. The lowest BCUT2D eigenvalue weighted by atomic mass is 10.3. The fourth-order valence-corrected chi connectivity index (χ4v) is 1.23. The van der Waals surface area contributed by atoms with Crippen molar-refractivity contribution in [1.29, 1.82) is 0 Å². The molecule has 0 aliphatic rings. The Kier molecular flexibility index (Phi) is 4.53. The van der Waals surface area contributed by atoms with Gasteiger partial charge in [0.05, 0.1) is 23.7 Å². The molecule has 0 bridgehead atoms. The minimum absolute atomic E-state index is 0.102. The van der Waals surface area contributed by atoms with Crippen LogP contribution in [0.1, 0.15) is 0 Å². The van der Waals surface area contributed by atoms with Crippen molar-refractivity contribution >= 4 is 33.3 Å². The van der Waals surface area contributed by atoms with Gasteiger partial charge in [0.15, 0.2) is 0 Å². The molecule has 0 aliphatic heterocycles. The maximum atomic E-state index is 8.83. The number of rotatable bonds is 4. The molecule has 0 spiro atoms. The average molecular weight is 283 g/mol. The number of hydrogen-bond donors (Lipinski definition) is 3. The van der Waals surface area contributed by atoms with Crippen LogP contribution in [0.25, 0.3) is 0 Å². The Hall–Kier alpha value is -0.430. The largest absolute Gasteiger partial charge is 0.394 e. The Morgan fingerprint density at radius 2 is 2.14 bits per heavy atom. The minimum Gasteiger partial charge on any atom is -0.394 e. The first-order valence-electron chi connectivity index (χ1n) is 3.83. The lowest BCUT2D eigenvalue weighted by Gasteiger charge is -2.14. The van der Waals surface area contributed by atoms with E-state index in [9.17, 15) is 0 Å².